The molecule has 2 aliphatic heterocycles. The zero-order valence-electron chi connectivity index (χ0n) is 62.3. The molecule has 2 heterocycles. The average molecular weight is 1430 g/mol. The number of aliphatic imine (C=N–C) groups is 4. The van der Waals surface area contributed by atoms with Gasteiger partial charge < -0.3 is 35.5 Å². The summed E-state index contributed by atoms with van der Waals surface area (Å²) >= 11 is 0. The van der Waals surface area contributed by atoms with Crippen LogP contribution >= 0.6 is 0 Å². The van der Waals surface area contributed by atoms with Crippen molar-refractivity contribution in [2.75, 3.05) is 26.2 Å². The van der Waals surface area contributed by atoms with Gasteiger partial charge >= 0.3 is 0 Å². The van der Waals surface area contributed by atoms with Crippen LogP contribution in [0, 0.1) is 0 Å². The summed E-state index contributed by atoms with van der Waals surface area (Å²) in [6.07, 6.45) is 23.6. The van der Waals surface area contributed by atoms with Crippen molar-refractivity contribution < 1.29 is 78.7 Å². The van der Waals surface area contributed by atoms with Gasteiger partial charge in [-0.3, -0.25) is 34.5 Å². The molecule has 0 aromatic heterocycles. The van der Waals surface area contributed by atoms with Gasteiger partial charge in [0.15, 0.2) is 0 Å². The SMILES string of the molecule is C.CC(=O)O.CC(=O)O.CC(C)(C)c1cc(C=NC2CCCCC2N=Cc2cc(C(C)(C)C)cc(C(C)(C)C)c2O)c(O)c(C(C)(C)C)c1.CC(C)(C)c1cc(C=NC2CCCCC2N=Cc2cc(C(C)(C)C)cc(C[NH+]3CCCCC3)c2O)c(O)c(CN2CCCCC2)c1.[Co].[Co]. The number of phenolic OH excluding ortho intramolecular Hbond substituents is 4. The van der Waals surface area contributed by atoms with E-state index >= 15 is 0 Å². The second-order valence-corrected chi connectivity index (χ2v) is 33.4. The molecular weight excluding hydrogens is 1300 g/mol. The predicted molar refractivity (Wildman–Crippen MR) is 398 cm³/mol. The number of carbonyl (C=O) groups is 2. The first-order valence-electron chi connectivity index (χ1n) is 35.1. The van der Waals surface area contributed by atoms with Gasteiger partial charge in [0, 0.05) is 123 Å². The molecule has 2 radical (unpaired) electrons. The molecule has 4 aromatic rings. The number of piperidine rings is 2. The Morgan fingerprint density at radius 2 is 0.680 bits per heavy atom. The second kappa shape index (κ2) is 37.9. The van der Waals surface area contributed by atoms with Crippen LogP contribution in [0.25, 0.3) is 0 Å². The topological polar surface area (TPSA) is 213 Å². The van der Waals surface area contributed by atoms with Gasteiger partial charge in [0.05, 0.1) is 37.3 Å². The van der Waals surface area contributed by atoms with Crippen LogP contribution in [0.5, 0.6) is 23.0 Å². The number of benzene rings is 4. The summed E-state index contributed by atoms with van der Waals surface area (Å²) in [5.41, 5.74) is 11.5. The Morgan fingerprint density at radius 3 is 0.979 bits per heavy atom. The fourth-order valence-electron chi connectivity index (χ4n) is 12.7. The molecule has 4 atom stereocenters. The van der Waals surface area contributed by atoms with Crippen molar-refractivity contribution in [2.45, 2.75) is 306 Å². The fraction of sp³-hybridized carbons (Fsp3) is 0.630. The molecule has 4 aromatic carbocycles. The van der Waals surface area contributed by atoms with Gasteiger partial charge in [-0.25, -0.2) is 0 Å². The molecule has 2 saturated heterocycles. The van der Waals surface area contributed by atoms with Gasteiger partial charge in [-0.2, -0.15) is 0 Å². The smallest absolute Gasteiger partial charge is 0.300 e. The van der Waals surface area contributed by atoms with E-state index in [-0.39, 0.29) is 97.6 Å². The van der Waals surface area contributed by atoms with Crippen LogP contribution in [0.2, 0.25) is 0 Å². The summed E-state index contributed by atoms with van der Waals surface area (Å²) in [7, 11) is 0. The predicted octanol–water partition coefficient (Wildman–Crippen LogP) is 17.0. The van der Waals surface area contributed by atoms with E-state index in [4.69, 9.17) is 39.8 Å². The molecule has 16 heteroatoms. The summed E-state index contributed by atoms with van der Waals surface area (Å²) in [6.45, 7) is 47.8. The van der Waals surface area contributed by atoms with E-state index < -0.39 is 11.9 Å². The molecule has 2 aliphatic carbocycles. The number of hydrogen-bond acceptors (Lipinski definition) is 11. The van der Waals surface area contributed by atoms with Gasteiger partial charge in [0.2, 0.25) is 0 Å². The largest absolute Gasteiger partial charge is 0.507 e. The minimum Gasteiger partial charge on any atom is -0.507 e. The van der Waals surface area contributed by atoms with Crippen LogP contribution in [0.3, 0.4) is 0 Å². The Kier molecular flexibility index (Phi) is 34.3. The monoisotopic (exact) mass is 1430 g/mol. The molecule has 2 saturated carbocycles. The average Bonchev–Trinajstić information content (AvgIpc) is 0.809. The molecule has 97 heavy (non-hydrogen) atoms. The summed E-state index contributed by atoms with van der Waals surface area (Å²) in [5, 5.41) is 60.2. The van der Waals surface area contributed by atoms with Crippen LogP contribution in [0.15, 0.2) is 68.5 Å². The van der Waals surface area contributed by atoms with Crippen LogP contribution in [0.4, 0.5) is 0 Å². The summed E-state index contributed by atoms with van der Waals surface area (Å²) < 4.78 is 0. The molecular formula is C81H127Co2N6O8+. The Bertz CT molecular complexity index is 3060. The number of rotatable bonds is 12. The molecule has 0 bridgehead atoms. The molecule has 4 unspecified atom stereocenters. The standard InChI is InChI=1S/C40H60N4O2.C36H54N2O2.2C2H4O2.CH4.2Co/c1-39(2,3)33-21-29(37(45)31(23-33)27-43-17-11-7-12-18-43)25-41-35-15-9-10-16-36(35)42-26-30-22-34(40(4,5)6)24-32(38(30)46)28-44-19-13-8-14-20-44;1-33(2,3)25-17-23(31(39)27(19-25)35(7,8)9)21-37-29-15-13-14-16-30(29)38-22-24-18-26(34(4,5)6)20-28(32(24)40)36(10,11)12;2*1-2(3)4;;;/h21-26,35-36,45-46H,7-20,27-28H2,1-6H3;17-22,29-30,39-40H,13-16H2,1-12H3;2*1H3,(H,3,4);1H4;;/p+1. The number of carboxylic acids is 2. The number of nitrogens with one attached hydrogen (secondary N) is 1. The summed E-state index contributed by atoms with van der Waals surface area (Å²) in [6, 6.07) is 17.3. The number of phenols is 4. The molecule has 0 amide bonds. The third kappa shape index (κ3) is 27.6. The first-order chi connectivity index (χ1) is 43.5. The van der Waals surface area contributed by atoms with Crippen LogP contribution < -0.4 is 4.90 Å². The summed E-state index contributed by atoms with van der Waals surface area (Å²) in [4.78, 5) is 42.3. The van der Waals surface area contributed by atoms with Crippen molar-refractivity contribution in [1.82, 2.24) is 4.90 Å². The van der Waals surface area contributed by atoms with E-state index in [0.717, 1.165) is 136 Å². The van der Waals surface area contributed by atoms with E-state index in [1.165, 1.54) is 73.9 Å². The number of carboxylic acid groups (broad SMARTS) is 2. The number of likely N-dealkylation sites (tertiary alicyclic amines) is 2. The molecule has 8 rings (SSSR count). The molecule has 7 N–H and O–H groups in total. The molecule has 14 nitrogen and oxygen atoms in total. The maximum Gasteiger partial charge on any atom is 0.300 e. The van der Waals surface area contributed by atoms with Gasteiger partial charge in [-0.1, -0.05) is 182 Å². The van der Waals surface area contributed by atoms with Crippen LogP contribution in [0.1, 0.15) is 303 Å². The van der Waals surface area contributed by atoms with Gasteiger partial charge in [-0.15, -0.1) is 0 Å². The quantitative estimate of drug-likeness (QED) is 0.0671. The van der Waals surface area contributed by atoms with Crippen molar-refractivity contribution in [3.05, 3.63) is 115 Å². The van der Waals surface area contributed by atoms with E-state index in [1.54, 1.807) is 4.90 Å². The Morgan fingerprint density at radius 1 is 0.412 bits per heavy atom. The van der Waals surface area contributed by atoms with Crippen molar-refractivity contribution in [3.63, 3.8) is 0 Å². The zero-order chi connectivity index (χ0) is 70.3. The van der Waals surface area contributed by atoms with Crippen molar-refractivity contribution in [2.24, 2.45) is 20.0 Å². The van der Waals surface area contributed by atoms with Gasteiger partial charge in [-0.05, 0) is 156 Å². The zero-order valence-corrected chi connectivity index (χ0v) is 64.4. The van der Waals surface area contributed by atoms with E-state index in [9.17, 15) is 20.4 Å². The van der Waals surface area contributed by atoms with E-state index in [1.807, 2.05) is 24.9 Å². The number of nitrogens with zero attached hydrogens (tertiary/aromatic N) is 5. The number of aromatic hydroxyl groups is 4. The third-order valence-corrected chi connectivity index (χ3v) is 18.6. The van der Waals surface area contributed by atoms with E-state index in [0.29, 0.717) is 23.0 Å². The Hall–Kier alpha value is -5.37. The maximum atomic E-state index is 11.5. The molecule has 4 aliphatic rings. The minimum absolute atomic E-state index is 0. The number of aliphatic carboxylic acids is 2. The van der Waals surface area contributed by atoms with Gasteiger partial charge in [0.1, 0.15) is 29.5 Å². The molecule has 0 spiro atoms. The van der Waals surface area contributed by atoms with Crippen molar-refractivity contribution >= 4 is 36.8 Å². The Labute approximate surface area is 606 Å². The minimum atomic E-state index is -0.833. The molecule has 546 valence electrons. The first-order valence-corrected chi connectivity index (χ1v) is 35.1. The van der Waals surface area contributed by atoms with Gasteiger partial charge in [0.25, 0.3) is 11.9 Å². The Balaban J connectivity index is 0.000000582. The second-order valence-electron chi connectivity index (χ2n) is 33.4. The van der Waals surface area contributed by atoms with Crippen molar-refractivity contribution in [1.29, 1.82) is 0 Å². The maximum absolute atomic E-state index is 11.5. The molecule has 4 fully saturated rings. The number of quaternary nitrogens is 1. The van der Waals surface area contributed by atoms with Crippen LogP contribution in [-0.2, 0) is 88.7 Å². The number of hydrogen-bond donors (Lipinski definition) is 7. The fourth-order valence-corrected chi connectivity index (χ4v) is 12.7. The normalized spacial score (nSPS) is 19.3. The van der Waals surface area contributed by atoms with Crippen LogP contribution in [-0.4, -0.2) is 123 Å². The van der Waals surface area contributed by atoms with Crippen molar-refractivity contribution in [3.8, 4) is 23.0 Å². The first kappa shape index (κ1) is 87.7. The third-order valence-electron chi connectivity index (χ3n) is 18.6. The van der Waals surface area contributed by atoms with E-state index in [2.05, 4.69) is 178 Å². The summed E-state index contributed by atoms with van der Waals surface area (Å²) in [5.74, 6) is -0.279.